The van der Waals surface area contributed by atoms with Crippen molar-refractivity contribution in [2.75, 3.05) is 34.4 Å². The van der Waals surface area contributed by atoms with E-state index >= 15 is 0 Å². The van der Waals surface area contributed by atoms with Crippen molar-refractivity contribution in [3.8, 4) is 11.5 Å². The van der Waals surface area contributed by atoms with Gasteiger partial charge in [-0.25, -0.2) is 0 Å². The van der Waals surface area contributed by atoms with E-state index in [-0.39, 0.29) is 5.92 Å². The normalized spacial score (nSPS) is 12.2. The van der Waals surface area contributed by atoms with Crippen LogP contribution in [0.4, 0.5) is 0 Å². The van der Waals surface area contributed by atoms with Crippen LogP contribution in [0.5, 0.6) is 11.5 Å². The maximum Gasteiger partial charge on any atom is 0.119 e. The van der Waals surface area contributed by atoms with Crippen LogP contribution in [0.1, 0.15) is 22.6 Å². The van der Waals surface area contributed by atoms with Gasteiger partial charge in [0, 0.05) is 12.5 Å². The summed E-state index contributed by atoms with van der Waals surface area (Å²) >= 11 is 0. The van der Waals surface area contributed by atoms with Crippen LogP contribution in [0.2, 0.25) is 0 Å². The minimum Gasteiger partial charge on any atom is -0.497 e. The Labute approximate surface area is 207 Å². The summed E-state index contributed by atoms with van der Waals surface area (Å²) in [6, 6.07) is 36.7. The molecule has 1 atom stereocenters. The van der Waals surface area contributed by atoms with Gasteiger partial charge in [0.05, 0.1) is 7.11 Å². The van der Waals surface area contributed by atoms with Gasteiger partial charge in [0.15, 0.2) is 0 Å². The number of hydrogen-bond donors (Lipinski definition) is 0. The van der Waals surface area contributed by atoms with Gasteiger partial charge < -0.3 is 14.4 Å². The second-order valence-electron chi connectivity index (χ2n) is 9.16. The molecule has 0 N–H and O–H groups in total. The van der Waals surface area contributed by atoms with Crippen molar-refractivity contribution in [2.45, 2.75) is 5.92 Å². The van der Waals surface area contributed by atoms with E-state index in [1.807, 2.05) is 12.1 Å². The van der Waals surface area contributed by atoms with Crippen LogP contribution >= 0.6 is 0 Å². The lowest BCUT2D eigenvalue weighted by atomic mass is 9.81. The van der Waals surface area contributed by atoms with Gasteiger partial charge >= 0.3 is 0 Å². The number of benzene rings is 5. The van der Waals surface area contributed by atoms with Crippen molar-refractivity contribution in [1.82, 2.24) is 4.90 Å². The topological polar surface area (TPSA) is 21.7 Å². The predicted molar refractivity (Wildman–Crippen MR) is 146 cm³/mol. The molecule has 0 aliphatic carbocycles. The third kappa shape index (κ3) is 4.87. The van der Waals surface area contributed by atoms with E-state index in [2.05, 4.69) is 110 Å². The van der Waals surface area contributed by atoms with Gasteiger partial charge in [-0.3, -0.25) is 0 Å². The highest BCUT2D eigenvalue weighted by Crippen LogP contribution is 2.40. The fourth-order valence-corrected chi connectivity index (χ4v) is 4.77. The highest BCUT2D eigenvalue weighted by Gasteiger charge is 2.21. The lowest BCUT2D eigenvalue weighted by Gasteiger charge is -2.22. The molecule has 0 unspecified atom stereocenters. The fraction of sp³-hybridized carbons (Fsp3) is 0.188. The molecule has 0 spiro atoms. The van der Waals surface area contributed by atoms with Crippen LogP contribution in [-0.2, 0) is 0 Å². The minimum absolute atomic E-state index is 0.0752. The number of nitrogens with zero attached hydrogens (tertiary/aromatic N) is 1. The Balaban J connectivity index is 1.64. The Kier molecular flexibility index (Phi) is 6.69. The zero-order valence-electron chi connectivity index (χ0n) is 20.6. The van der Waals surface area contributed by atoms with E-state index in [1.165, 1.54) is 38.2 Å². The molecule has 5 rings (SSSR count). The van der Waals surface area contributed by atoms with Crippen LogP contribution in [0.15, 0.2) is 103 Å². The third-order valence-corrected chi connectivity index (χ3v) is 6.58. The van der Waals surface area contributed by atoms with Gasteiger partial charge in [-0.2, -0.15) is 0 Å². The highest BCUT2D eigenvalue weighted by atomic mass is 16.5. The van der Waals surface area contributed by atoms with Crippen molar-refractivity contribution in [1.29, 1.82) is 0 Å². The lowest BCUT2D eigenvalue weighted by Crippen LogP contribution is -2.19. The van der Waals surface area contributed by atoms with E-state index in [0.717, 1.165) is 18.0 Å². The molecular weight excluding hydrogens is 430 g/mol. The summed E-state index contributed by atoms with van der Waals surface area (Å²) < 4.78 is 11.4. The Hall–Kier alpha value is -3.82. The van der Waals surface area contributed by atoms with Crippen molar-refractivity contribution in [3.05, 3.63) is 120 Å². The summed E-state index contributed by atoms with van der Waals surface area (Å²) in [5.41, 5.74) is 3.76. The van der Waals surface area contributed by atoms with Crippen LogP contribution < -0.4 is 9.47 Å². The molecule has 0 bridgehead atoms. The monoisotopic (exact) mass is 461 g/mol. The minimum atomic E-state index is 0.0752. The number of rotatable bonds is 8. The number of likely N-dealkylation sites (N-methyl/N-ethyl adjacent to an activating group) is 1. The molecular formula is C32H31NO2. The number of methoxy groups -OCH3 is 1. The van der Waals surface area contributed by atoms with E-state index < -0.39 is 0 Å². The van der Waals surface area contributed by atoms with Crippen molar-refractivity contribution in [2.24, 2.45) is 0 Å². The van der Waals surface area contributed by atoms with Gasteiger partial charge in [0.2, 0.25) is 0 Å². The molecule has 176 valence electrons. The first-order valence-electron chi connectivity index (χ1n) is 12.1. The molecule has 0 aromatic heterocycles. The molecule has 5 aromatic carbocycles. The fourth-order valence-electron chi connectivity index (χ4n) is 4.77. The van der Waals surface area contributed by atoms with Gasteiger partial charge in [-0.15, -0.1) is 0 Å². The standard InChI is InChI=1S/C32H31NO2/c1-33(2)20-21-35-27-18-14-24(15-19-27)32(23-12-16-26(34-3)17-13-23)31-22-25-8-4-5-9-28(25)29-10-6-7-11-30(29)31/h4-19,22,32H,20-21H2,1-3H3/t32-/m0/s1. The van der Waals surface area contributed by atoms with Crippen LogP contribution in [0, 0.1) is 0 Å². The lowest BCUT2D eigenvalue weighted by molar-refractivity contribution is 0.261. The second kappa shape index (κ2) is 10.2. The molecule has 0 aliphatic rings. The Morgan fingerprint density at radius 2 is 1.23 bits per heavy atom. The quantitative estimate of drug-likeness (QED) is 0.181. The highest BCUT2D eigenvalue weighted by molar-refractivity contribution is 6.09. The van der Waals surface area contributed by atoms with Crippen LogP contribution in [0.25, 0.3) is 21.5 Å². The summed E-state index contributed by atoms with van der Waals surface area (Å²) in [5, 5.41) is 5.09. The van der Waals surface area contributed by atoms with Gasteiger partial charge in [-0.1, -0.05) is 72.8 Å². The molecule has 35 heavy (non-hydrogen) atoms. The molecule has 0 amide bonds. The number of hydrogen-bond acceptors (Lipinski definition) is 3. The number of fused-ring (bicyclic) bond motifs is 3. The summed E-state index contributed by atoms with van der Waals surface area (Å²) in [4.78, 5) is 2.12. The zero-order chi connectivity index (χ0) is 24.2. The average molecular weight is 462 g/mol. The third-order valence-electron chi connectivity index (χ3n) is 6.58. The first-order chi connectivity index (χ1) is 17.1. The second-order valence-corrected chi connectivity index (χ2v) is 9.16. The molecule has 0 aliphatic heterocycles. The first-order valence-corrected chi connectivity index (χ1v) is 12.1. The zero-order valence-corrected chi connectivity index (χ0v) is 20.6. The van der Waals surface area contributed by atoms with Crippen LogP contribution in [-0.4, -0.2) is 39.3 Å². The summed E-state index contributed by atoms with van der Waals surface area (Å²) in [7, 11) is 5.82. The molecule has 0 saturated carbocycles. The smallest absolute Gasteiger partial charge is 0.119 e. The van der Waals surface area contributed by atoms with E-state index in [4.69, 9.17) is 9.47 Å². The first kappa shape index (κ1) is 22.9. The number of ether oxygens (including phenoxy) is 2. The maximum absolute atomic E-state index is 5.96. The Bertz CT molecular complexity index is 1420. The summed E-state index contributed by atoms with van der Waals surface area (Å²) in [6.45, 7) is 1.56. The van der Waals surface area contributed by atoms with E-state index in [0.29, 0.717) is 6.61 Å². The van der Waals surface area contributed by atoms with Gasteiger partial charge in [0.25, 0.3) is 0 Å². The van der Waals surface area contributed by atoms with Crippen molar-refractivity contribution in [3.63, 3.8) is 0 Å². The SMILES string of the molecule is COc1ccc([C@@H](c2ccc(OCCN(C)C)cc2)c2cc3ccccc3c3ccccc23)cc1. The largest absolute Gasteiger partial charge is 0.497 e. The molecule has 0 heterocycles. The Morgan fingerprint density at radius 1 is 0.657 bits per heavy atom. The van der Waals surface area contributed by atoms with E-state index in [9.17, 15) is 0 Å². The van der Waals surface area contributed by atoms with E-state index in [1.54, 1.807) is 7.11 Å². The van der Waals surface area contributed by atoms with Crippen molar-refractivity contribution >= 4 is 21.5 Å². The molecule has 0 fully saturated rings. The molecule has 0 radical (unpaired) electrons. The maximum atomic E-state index is 5.96. The molecule has 3 nitrogen and oxygen atoms in total. The molecule has 3 heteroatoms. The van der Waals surface area contributed by atoms with Gasteiger partial charge in [0.1, 0.15) is 18.1 Å². The Morgan fingerprint density at radius 3 is 1.86 bits per heavy atom. The van der Waals surface area contributed by atoms with Crippen LogP contribution in [0.3, 0.4) is 0 Å². The molecule has 5 aromatic rings. The summed E-state index contributed by atoms with van der Waals surface area (Å²) in [6.07, 6.45) is 0. The predicted octanol–water partition coefficient (Wildman–Crippen LogP) is 7.12. The molecule has 0 saturated heterocycles. The summed E-state index contributed by atoms with van der Waals surface area (Å²) in [5.74, 6) is 1.83. The van der Waals surface area contributed by atoms with Crippen molar-refractivity contribution < 1.29 is 9.47 Å². The van der Waals surface area contributed by atoms with Gasteiger partial charge in [-0.05, 0) is 82.7 Å². The average Bonchev–Trinajstić information content (AvgIpc) is 2.90.